The van der Waals surface area contributed by atoms with Crippen LogP contribution >= 0.6 is 11.6 Å². The Labute approximate surface area is 105 Å². The first-order chi connectivity index (χ1) is 7.93. The SMILES string of the molecule is CCC(=O)O[C@@H]1[C@H](C)O[C@@H](OC(C)=O)C[C@@H]1Cl. The van der Waals surface area contributed by atoms with Gasteiger partial charge in [0.2, 0.25) is 6.29 Å². The lowest BCUT2D eigenvalue weighted by atomic mass is 10.1. The number of halogens is 1. The number of ether oxygens (including phenoxy) is 3. The molecule has 0 aromatic carbocycles. The molecule has 1 fully saturated rings. The predicted molar refractivity (Wildman–Crippen MR) is 60.5 cm³/mol. The first kappa shape index (κ1) is 14.3. The van der Waals surface area contributed by atoms with Crippen molar-refractivity contribution in [2.45, 2.75) is 57.5 Å². The van der Waals surface area contributed by atoms with Crippen LogP contribution in [0.3, 0.4) is 0 Å². The first-order valence-electron chi connectivity index (χ1n) is 5.60. The van der Waals surface area contributed by atoms with Gasteiger partial charge in [0.1, 0.15) is 6.10 Å². The number of carbonyl (C=O) groups excluding carboxylic acids is 2. The lowest BCUT2D eigenvalue weighted by Crippen LogP contribution is -2.48. The smallest absolute Gasteiger partial charge is 0.305 e. The molecule has 98 valence electrons. The Morgan fingerprint density at radius 3 is 2.53 bits per heavy atom. The van der Waals surface area contributed by atoms with Crippen molar-refractivity contribution in [1.82, 2.24) is 0 Å². The van der Waals surface area contributed by atoms with Crippen LogP contribution in [0.4, 0.5) is 0 Å². The maximum absolute atomic E-state index is 11.2. The molecule has 0 aliphatic carbocycles. The average Bonchev–Trinajstić information content (AvgIpc) is 2.22. The van der Waals surface area contributed by atoms with Crippen LogP contribution in [0.15, 0.2) is 0 Å². The van der Waals surface area contributed by atoms with Crippen LogP contribution in [0.25, 0.3) is 0 Å². The van der Waals surface area contributed by atoms with Crippen molar-refractivity contribution in [3.63, 3.8) is 0 Å². The van der Waals surface area contributed by atoms with E-state index in [4.69, 9.17) is 25.8 Å². The van der Waals surface area contributed by atoms with E-state index in [9.17, 15) is 9.59 Å². The second-order valence-corrected chi connectivity index (χ2v) is 4.50. The third kappa shape index (κ3) is 4.16. The third-order valence-corrected chi connectivity index (χ3v) is 2.88. The average molecular weight is 265 g/mol. The molecule has 1 aliphatic heterocycles. The molecule has 17 heavy (non-hydrogen) atoms. The Kier molecular flexibility index (Phi) is 5.21. The summed E-state index contributed by atoms with van der Waals surface area (Å²) in [5.41, 5.74) is 0. The second kappa shape index (κ2) is 6.21. The summed E-state index contributed by atoms with van der Waals surface area (Å²) >= 11 is 6.11. The van der Waals surface area contributed by atoms with Crippen LogP contribution in [-0.2, 0) is 23.8 Å². The molecule has 0 unspecified atom stereocenters. The molecule has 1 rings (SSSR count). The van der Waals surface area contributed by atoms with Crippen molar-refractivity contribution in [1.29, 1.82) is 0 Å². The number of rotatable bonds is 3. The third-order valence-electron chi connectivity index (χ3n) is 2.46. The fourth-order valence-corrected chi connectivity index (χ4v) is 2.05. The van der Waals surface area contributed by atoms with E-state index in [1.807, 2.05) is 0 Å². The van der Waals surface area contributed by atoms with Crippen LogP contribution in [-0.4, -0.2) is 35.8 Å². The summed E-state index contributed by atoms with van der Waals surface area (Å²) in [6.07, 6.45) is -0.962. The maximum Gasteiger partial charge on any atom is 0.305 e. The topological polar surface area (TPSA) is 61.8 Å². The van der Waals surface area contributed by atoms with E-state index >= 15 is 0 Å². The molecular weight excluding hydrogens is 248 g/mol. The van der Waals surface area contributed by atoms with Crippen LogP contribution in [0.1, 0.15) is 33.6 Å². The molecule has 0 spiro atoms. The number of hydrogen-bond donors (Lipinski definition) is 0. The lowest BCUT2D eigenvalue weighted by molar-refractivity contribution is -0.221. The Bertz CT molecular complexity index is 282. The minimum absolute atomic E-state index is 0.292. The van der Waals surface area contributed by atoms with Crippen LogP contribution < -0.4 is 0 Å². The van der Waals surface area contributed by atoms with Crippen LogP contribution in [0, 0.1) is 0 Å². The number of carbonyl (C=O) groups is 2. The van der Waals surface area contributed by atoms with Gasteiger partial charge in [-0.1, -0.05) is 6.92 Å². The largest absolute Gasteiger partial charge is 0.458 e. The van der Waals surface area contributed by atoms with E-state index in [1.54, 1.807) is 13.8 Å². The molecule has 0 radical (unpaired) electrons. The highest BCUT2D eigenvalue weighted by Crippen LogP contribution is 2.27. The van der Waals surface area contributed by atoms with Crippen LogP contribution in [0.2, 0.25) is 0 Å². The minimum Gasteiger partial charge on any atom is -0.458 e. The van der Waals surface area contributed by atoms with Gasteiger partial charge in [0.25, 0.3) is 0 Å². The molecule has 1 heterocycles. The first-order valence-corrected chi connectivity index (χ1v) is 6.04. The van der Waals surface area contributed by atoms with Gasteiger partial charge < -0.3 is 14.2 Å². The zero-order chi connectivity index (χ0) is 13.0. The van der Waals surface area contributed by atoms with E-state index in [-0.39, 0.29) is 5.97 Å². The summed E-state index contributed by atoms with van der Waals surface area (Å²) in [4.78, 5) is 22.0. The Balaban J connectivity index is 2.55. The van der Waals surface area contributed by atoms with Gasteiger partial charge in [-0.05, 0) is 6.92 Å². The minimum atomic E-state index is -0.665. The van der Waals surface area contributed by atoms with Crippen molar-refractivity contribution in [3.05, 3.63) is 0 Å². The zero-order valence-corrected chi connectivity index (χ0v) is 10.9. The molecule has 1 aliphatic rings. The Morgan fingerprint density at radius 2 is 2.06 bits per heavy atom. The standard InChI is InChI=1S/C11H17ClO5/c1-4-9(14)17-11-6(2)15-10(5-8(11)12)16-7(3)13/h6,8,10-11H,4-5H2,1-3H3/t6-,8-,10-,11+/m0/s1. The highest BCUT2D eigenvalue weighted by Gasteiger charge is 2.39. The summed E-state index contributed by atoms with van der Waals surface area (Å²) in [6.45, 7) is 4.75. The van der Waals surface area contributed by atoms with E-state index in [0.717, 1.165) is 0 Å². The molecule has 0 saturated carbocycles. The fourth-order valence-electron chi connectivity index (χ4n) is 1.65. The summed E-state index contributed by atoms with van der Waals surface area (Å²) in [5, 5.41) is -0.418. The molecule has 5 nitrogen and oxygen atoms in total. The van der Waals surface area contributed by atoms with E-state index in [0.29, 0.717) is 12.8 Å². The molecule has 6 heteroatoms. The molecule has 0 N–H and O–H groups in total. The van der Waals surface area contributed by atoms with Gasteiger partial charge in [-0.15, -0.1) is 11.6 Å². The van der Waals surface area contributed by atoms with Gasteiger partial charge in [0, 0.05) is 19.8 Å². The van der Waals surface area contributed by atoms with Gasteiger partial charge in [0.05, 0.1) is 11.5 Å². The van der Waals surface area contributed by atoms with Crippen LogP contribution in [0.5, 0.6) is 0 Å². The van der Waals surface area contributed by atoms with Crippen molar-refractivity contribution >= 4 is 23.5 Å². The highest BCUT2D eigenvalue weighted by atomic mass is 35.5. The molecular formula is C11H17ClO5. The Hall–Kier alpha value is -0.810. The molecule has 0 aromatic heterocycles. The van der Waals surface area contributed by atoms with Crippen molar-refractivity contribution < 1.29 is 23.8 Å². The van der Waals surface area contributed by atoms with Crippen molar-refractivity contribution in [2.75, 3.05) is 0 Å². The molecule has 0 bridgehead atoms. The summed E-state index contributed by atoms with van der Waals surface area (Å²) in [6, 6.07) is 0. The second-order valence-electron chi connectivity index (χ2n) is 3.94. The van der Waals surface area contributed by atoms with E-state index in [1.165, 1.54) is 6.92 Å². The Morgan fingerprint density at radius 1 is 1.41 bits per heavy atom. The summed E-state index contributed by atoms with van der Waals surface area (Å²) in [7, 11) is 0. The zero-order valence-electron chi connectivity index (χ0n) is 10.1. The number of alkyl halides is 1. The maximum atomic E-state index is 11.2. The van der Waals surface area contributed by atoms with Gasteiger partial charge >= 0.3 is 11.9 Å². The monoisotopic (exact) mass is 264 g/mol. The van der Waals surface area contributed by atoms with Gasteiger partial charge in [-0.2, -0.15) is 0 Å². The predicted octanol–water partition coefficient (Wildman–Crippen LogP) is 1.61. The van der Waals surface area contributed by atoms with Crippen molar-refractivity contribution in [3.8, 4) is 0 Å². The van der Waals surface area contributed by atoms with E-state index < -0.39 is 29.8 Å². The number of hydrogen-bond acceptors (Lipinski definition) is 5. The van der Waals surface area contributed by atoms with Gasteiger partial charge in [-0.25, -0.2) is 0 Å². The van der Waals surface area contributed by atoms with Crippen molar-refractivity contribution in [2.24, 2.45) is 0 Å². The normalized spacial score (nSPS) is 32.9. The fraction of sp³-hybridized carbons (Fsp3) is 0.818. The summed E-state index contributed by atoms with van der Waals surface area (Å²) < 4.78 is 15.5. The quantitative estimate of drug-likeness (QED) is 0.572. The molecule has 4 atom stereocenters. The summed E-state index contributed by atoms with van der Waals surface area (Å²) in [5.74, 6) is -0.739. The molecule has 0 aromatic rings. The molecule has 1 saturated heterocycles. The van der Waals surface area contributed by atoms with Gasteiger partial charge in [-0.3, -0.25) is 9.59 Å². The van der Waals surface area contributed by atoms with E-state index in [2.05, 4.69) is 0 Å². The highest BCUT2D eigenvalue weighted by molar-refractivity contribution is 6.21. The number of esters is 2. The molecule has 0 amide bonds. The lowest BCUT2D eigenvalue weighted by Gasteiger charge is -2.36. The van der Waals surface area contributed by atoms with Gasteiger partial charge in [0.15, 0.2) is 0 Å².